The van der Waals surface area contributed by atoms with Gasteiger partial charge in [0.15, 0.2) is 0 Å². The molecule has 4 aromatic rings. The minimum Gasteiger partial charge on any atom is -0.508 e. The first-order valence-electron chi connectivity index (χ1n) is 16.3. The van der Waals surface area contributed by atoms with Crippen molar-refractivity contribution in [1.82, 2.24) is 0 Å². The van der Waals surface area contributed by atoms with E-state index in [-0.39, 0.29) is 52.8 Å². The average molecular weight is 751 g/mol. The minimum absolute atomic E-state index is 0.0102. The Bertz CT molecular complexity index is 2100. The number of phenols is 8. The van der Waals surface area contributed by atoms with E-state index in [1.54, 1.807) is 0 Å². The van der Waals surface area contributed by atoms with Crippen LogP contribution < -0.4 is 0 Å². The quantitative estimate of drug-likeness (QED) is 0.0661. The van der Waals surface area contributed by atoms with Crippen LogP contribution in [-0.4, -0.2) is 88.1 Å². The second-order valence-corrected chi connectivity index (χ2v) is 12.7. The third kappa shape index (κ3) is 9.33. The van der Waals surface area contributed by atoms with E-state index in [1.807, 2.05) is 0 Å². The monoisotopic (exact) mass is 750 g/mol. The number of aryl methyl sites for hydroxylation is 1. The van der Waals surface area contributed by atoms with Crippen LogP contribution in [0.5, 0.6) is 46.0 Å². The molecular formula is C38H38O16. The zero-order valence-corrected chi connectivity index (χ0v) is 29.4. The van der Waals surface area contributed by atoms with Crippen molar-refractivity contribution in [3.05, 3.63) is 93.0 Å². The standard InChI is InChI=1S/C38H38O16/c1-16-5-23(39)12-27(43)31(16)36(49)52-18(3)7-21-10-25(41)14-29(45)33(21)38(51)54-19(4)8-22-11-26(42)15-30(46)34(22)37(50)53-17(2)6-20-9-24(40)13-28(44)32(20)35(47)48/h5,9-15,17-19,39-46H,6-8H2,1-4H3,(H,47,48)/t17-,18-,19-/m1/s1. The van der Waals surface area contributed by atoms with E-state index >= 15 is 0 Å². The Morgan fingerprint density at radius 3 is 1.07 bits per heavy atom. The Hall–Kier alpha value is -6.84. The van der Waals surface area contributed by atoms with Gasteiger partial charge in [0, 0.05) is 43.5 Å². The van der Waals surface area contributed by atoms with Crippen LogP contribution >= 0.6 is 0 Å². The Balaban J connectivity index is 1.51. The molecule has 0 saturated carbocycles. The molecule has 4 rings (SSSR count). The van der Waals surface area contributed by atoms with Crippen molar-refractivity contribution in [2.24, 2.45) is 0 Å². The summed E-state index contributed by atoms with van der Waals surface area (Å²) in [6.07, 6.45) is -3.96. The molecule has 0 spiro atoms. The summed E-state index contributed by atoms with van der Waals surface area (Å²) in [6, 6.07) is 8.17. The maximum absolute atomic E-state index is 13.4. The predicted molar refractivity (Wildman–Crippen MR) is 187 cm³/mol. The van der Waals surface area contributed by atoms with E-state index in [0.717, 1.165) is 42.5 Å². The summed E-state index contributed by atoms with van der Waals surface area (Å²) in [5.41, 5.74) is -1.37. The van der Waals surface area contributed by atoms with Crippen LogP contribution in [0, 0.1) is 6.92 Å². The molecule has 0 unspecified atom stereocenters. The Kier molecular flexibility index (Phi) is 12.0. The smallest absolute Gasteiger partial charge is 0.342 e. The van der Waals surface area contributed by atoms with E-state index in [2.05, 4.69) is 0 Å². The van der Waals surface area contributed by atoms with Gasteiger partial charge in [0.1, 0.15) is 86.6 Å². The number of esters is 3. The summed E-state index contributed by atoms with van der Waals surface area (Å²) < 4.78 is 16.4. The van der Waals surface area contributed by atoms with E-state index in [4.69, 9.17) is 14.2 Å². The highest BCUT2D eigenvalue weighted by Gasteiger charge is 2.28. The second kappa shape index (κ2) is 16.2. The molecule has 0 heterocycles. The summed E-state index contributed by atoms with van der Waals surface area (Å²) in [5.74, 6) is -8.80. The largest absolute Gasteiger partial charge is 0.508 e. The number of hydrogen-bond acceptors (Lipinski definition) is 15. The van der Waals surface area contributed by atoms with E-state index in [1.165, 1.54) is 33.8 Å². The highest BCUT2D eigenvalue weighted by Crippen LogP contribution is 2.34. The summed E-state index contributed by atoms with van der Waals surface area (Å²) in [4.78, 5) is 51.3. The lowest BCUT2D eigenvalue weighted by atomic mass is 9.98. The molecule has 16 heteroatoms. The van der Waals surface area contributed by atoms with Gasteiger partial charge in [0.2, 0.25) is 0 Å². The van der Waals surface area contributed by atoms with Crippen molar-refractivity contribution in [1.29, 1.82) is 0 Å². The van der Waals surface area contributed by atoms with Gasteiger partial charge in [-0.1, -0.05) is 0 Å². The van der Waals surface area contributed by atoms with E-state index in [0.29, 0.717) is 0 Å². The number of carboxylic acid groups (broad SMARTS) is 1. The van der Waals surface area contributed by atoms with Crippen LogP contribution in [0.3, 0.4) is 0 Å². The maximum atomic E-state index is 13.4. The number of carbonyl (C=O) groups excluding carboxylic acids is 3. The van der Waals surface area contributed by atoms with Crippen LogP contribution in [0.15, 0.2) is 48.5 Å². The SMILES string of the molecule is Cc1cc(O)cc(O)c1C(=O)O[C@H](C)Cc1cc(O)cc(O)c1C(=O)O[C@H](C)Cc1cc(O)cc(O)c1C(=O)O[C@H](C)Cc1cc(O)cc(O)c1C(=O)O. The molecule has 9 N–H and O–H groups in total. The predicted octanol–water partition coefficient (Wildman–Crippen LogP) is 4.70. The molecule has 0 amide bonds. The lowest BCUT2D eigenvalue weighted by molar-refractivity contribution is 0.0326. The third-order valence-corrected chi connectivity index (χ3v) is 8.12. The van der Waals surface area contributed by atoms with Crippen molar-refractivity contribution in [2.45, 2.75) is 65.3 Å². The molecule has 0 aliphatic carbocycles. The Labute approximate surface area is 307 Å². The lowest BCUT2D eigenvalue weighted by Gasteiger charge is -2.20. The average Bonchev–Trinajstić information content (AvgIpc) is 2.98. The zero-order valence-electron chi connectivity index (χ0n) is 29.4. The molecule has 4 aromatic carbocycles. The molecular weight excluding hydrogens is 712 g/mol. The van der Waals surface area contributed by atoms with Gasteiger partial charge in [-0.2, -0.15) is 0 Å². The summed E-state index contributed by atoms with van der Waals surface area (Å²) >= 11 is 0. The van der Waals surface area contributed by atoms with Gasteiger partial charge in [-0.3, -0.25) is 0 Å². The zero-order chi connectivity index (χ0) is 40.2. The van der Waals surface area contributed by atoms with Crippen molar-refractivity contribution in [3.63, 3.8) is 0 Å². The first-order chi connectivity index (χ1) is 25.2. The number of benzene rings is 4. The number of hydrogen-bond donors (Lipinski definition) is 9. The first-order valence-corrected chi connectivity index (χ1v) is 16.3. The number of phenolic OH excluding ortho intramolecular Hbond substituents is 7. The van der Waals surface area contributed by atoms with Gasteiger partial charge < -0.3 is 60.2 Å². The summed E-state index contributed by atoms with van der Waals surface area (Å²) in [5, 5.41) is 90.9. The van der Waals surface area contributed by atoms with Crippen LogP contribution in [0.2, 0.25) is 0 Å². The Morgan fingerprint density at radius 1 is 0.463 bits per heavy atom. The molecule has 0 radical (unpaired) electrons. The molecule has 54 heavy (non-hydrogen) atoms. The fraction of sp³-hybridized carbons (Fsp3) is 0.263. The van der Waals surface area contributed by atoms with Gasteiger partial charge in [0.05, 0.1) is 0 Å². The number of carbonyl (C=O) groups is 4. The molecule has 0 fully saturated rings. The minimum atomic E-state index is -1.49. The summed E-state index contributed by atoms with van der Waals surface area (Å²) in [6.45, 7) is 5.73. The highest BCUT2D eigenvalue weighted by atomic mass is 16.6. The van der Waals surface area contributed by atoms with Crippen molar-refractivity contribution in [2.75, 3.05) is 0 Å². The van der Waals surface area contributed by atoms with Gasteiger partial charge in [-0.05, 0) is 74.2 Å². The first kappa shape index (κ1) is 39.9. The number of carboxylic acids is 1. The molecule has 0 aliphatic heterocycles. The van der Waals surface area contributed by atoms with Crippen molar-refractivity contribution in [3.8, 4) is 46.0 Å². The van der Waals surface area contributed by atoms with Crippen LogP contribution in [-0.2, 0) is 33.5 Å². The van der Waals surface area contributed by atoms with E-state index < -0.39 is 99.1 Å². The van der Waals surface area contributed by atoms with Gasteiger partial charge in [0.25, 0.3) is 0 Å². The second-order valence-electron chi connectivity index (χ2n) is 12.7. The number of ether oxygens (including phenoxy) is 3. The molecule has 0 saturated heterocycles. The number of aromatic hydroxyl groups is 8. The van der Waals surface area contributed by atoms with Gasteiger partial charge in [-0.15, -0.1) is 0 Å². The number of rotatable bonds is 13. The van der Waals surface area contributed by atoms with Crippen LogP contribution in [0.25, 0.3) is 0 Å². The third-order valence-electron chi connectivity index (χ3n) is 8.12. The molecule has 0 aliphatic rings. The molecule has 0 bridgehead atoms. The molecule has 3 atom stereocenters. The topological polar surface area (TPSA) is 278 Å². The van der Waals surface area contributed by atoms with Gasteiger partial charge in [-0.25, -0.2) is 19.2 Å². The highest BCUT2D eigenvalue weighted by molar-refractivity contribution is 5.96. The lowest BCUT2D eigenvalue weighted by Crippen LogP contribution is -2.23. The van der Waals surface area contributed by atoms with Gasteiger partial charge >= 0.3 is 23.9 Å². The molecule has 286 valence electrons. The molecule has 16 nitrogen and oxygen atoms in total. The Morgan fingerprint density at radius 2 is 0.741 bits per heavy atom. The van der Waals surface area contributed by atoms with E-state index in [9.17, 15) is 65.1 Å². The van der Waals surface area contributed by atoms with Crippen molar-refractivity contribution < 1.29 is 79.3 Å². The fourth-order valence-electron chi connectivity index (χ4n) is 6.00. The molecule has 0 aromatic heterocycles. The van der Waals surface area contributed by atoms with Crippen LogP contribution in [0.1, 0.15) is 84.5 Å². The normalized spacial score (nSPS) is 12.7. The number of aromatic carboxylic acids is 1. The van der Waals surface area contributed by atoms with Crippen molar-refractivity contribution >= 4 is 23.9 Å². The summed E-state index contributed by atoms with van der Waals surface area (Å²) in [7, 11) is 0. The fourth-order valence-corrected chi connectivity index (χ4v) is 6.00. The van der Waals surface area contributed by atoms with Crippen LogP contribution in [0.4, 0.5) is 0 Å². The maximum Gasteiger partial charge on any atom is 0.342 e.